The van der Waals surface area contributed by atoms with Gasteiger partial charge in [-0.25, -0.2) is 4.79 Å². The van der Waals surface area contributed by atoms with Gasteiger partial charge in [0.1, 0.15) is 0 Å². The molecule has 1 aliphatic rings. The second-order valence-corrected chi connectivity index (χ2v) is 5.79. The molecule has 0 aromatic carbocycles. The summed E-state index contributed by atoms with van der Waals surface area (Å²) in [7, 11) is 0. The Balaban J connectivity index is 2.71. The molecule has 0 saturated heterocycles. The number of nitrogens with zero attached hydrogens (tertiary/aromatic N) is 2. The number of hydrogen-bond donors (Lipinski definition) is 1. The highest BCUT2D eigenvalue weighted by atomic mass is 16.4. The van der Waals surface area contributed by atoms with Crippen LogP contribution in [0.3, 0.4) is 0 Å². The molecule has 116 valence electrons. The van der Waals surface area contributed by atoms with Crippen LogP contribution in [0.4, 0.5) is 4.79 Å². The first-order valence-electron chi connectivity index (χ1n) is 7.76. The summed E-state index contributed by atoms with van der Waals surface area (Å²) in [4.78, 5) is 27.0. The van der Waals surface area contributed by atoms with Gasteiger partial charge in [0.15, 0.2) is 0 Å². The Morgan fingerprint density at radius 1 is 1.20 bits per heavy atom. The first kappa shape index (κ1) is 16.8. The Morgan fingerprint density at radius 2 is 1.80 bits per heavy atom. The number of hydrogen-bond acceptors (Lipinski definition) is 2. The third-order valence-electron chi connectivity index (χ3n) is 4.04. The molecule has 0 radical (unpaired) electrons. The number of carboxylic acids is 1. The lowest BCUT2D eigenvalue weighted by molar-refractivity contribution is -0.137. The van der Waals surface area contributed by atoms with Crippen molar-refractivity contribution >= 4 is 12.0 Å². The average Bonchev–Trinajstić information content (AvgIpc) is 2.40. The fraction of sp³-hybridized carbons (Fsp3) is 0.867. The van der Waals surface area contributed by atoms with Gasteiger partial charge < -0.3 is 14.9 Å². The van der Waals surface area contributed by atoms with E-state index in [9.17, 15) is 9.59 Å². The maximum atomic E-state index is 12.7. The van der Waals surface area contributed by atoms with E-state index >= 15 is 0 Å². The minimum Gasteiger partial charge on any atom is -0.481 e. The lowest BCUT2D eigenvalue weighted by Gasteiger charge is -2.38. The third kappa shape index (κ3) is 4.69. The number of carbonyl (C=O) groups excluding carboxylic acids is 1. The van der Waals surface area contributed by atoms with Crippen LogP contribution in [0, 0.1) is 0 Å². The third-order valence-corrected chi connectivity index (χ3v) is 4.04. The Kier molecular flexibility index (Phi) is 6.82. The maximum absolute atomic E-state index is 12.7. The Hall–Kier alpha value is -1.26. The van der Waals surface area contributed by atoms with Crippen molar-refractivity contribution in [1.82, 2.24) is 9.80 Å². The van der Waals surface area contributed by atoms with E-state index in [0.29, 0.717) is 12.6 Å². The first-order chi connectivity index (χ1) is 9.47. The molecule has 1 N–H and O–H groups in total. The molecule has 0 aromatic heterocycles. The van der Waals surface area contributed by atoms with Gasteiger partial charge in [0.2, 0.25) is 0 Å². The van der Waals surface area contributed by atoms with Crippen molar-refractivity contribution in [3.63, 3.8) is 0 Å². The van der Waals surface area contributed by atoms with E-state index in [1.165, 1.54) is 19.3 Å². The number of rotatable bonds is 6. The monoisotopic (exact) mass is 284 g/mol. The van der Waals surface area contributed by atoms with Crippen molar-refractivity contribution in [3.8, 4) is 0 Å². The highest BCUT2D eigenvalue weighted by molar-refractivity contribution is 5.76. The molecule has 0 aliphatic heterocycles. The van der Waals surface area contributed by atoms with Gasteiger partial charge in [-0.2, -0.15) is 0 Å². The molecule has 1 aliphatic carbocycles. The predicted molar refractivity (Wildman–Crippen MR) is 78.7 cm³/mol. The maximum Gasteiger partial charge on any atom is 0.320 e. The smallest absolute Gasteiger partial charge is 0.320 e. The normalized spacial score (nSPS) is 16.2. The second kappa shape index (κ2) is 8.12. The number of carbonyl (C=O) groups is 2. The van der Waals surface area contributed by atoms with Crippen molar-refractivity contribution in [2.45, 2.75) is 71.4 Å². The molecule has 0 unspecified atom stereocenters. The van der Waals surface area contributed by atoms with E-state index in [1.807, 2.05) is 25.7 Å². The molecule has 2 amide bonds. The highest BCUT2D eigenvalue weighted by Gasteiger charge is 2.29. The van der Waals surface area contributed by atoms with E-state index in [-0.39, 0.29) is 25.0 Å². The SMILES string of the molecule is CCN(C(=O)N(CCC(=O)O)C(C)C)C1CCCCC1. The van der Waals surface area contributed by atoms with Crippen molar-refractivity contribution < 1.29 is 14.7 Å². The zero-order valence-electron chi connectivity index (χ0n) is 13.0. The summed E-state index contributed by atoms with van der Waals surface area (Å²) in [6.07, 6.45) is 5.78. The standard InChI is InChI=1S/C15H28N2O3/c1-4-16(13-8-6-5-7-9-13)15(20)17(12(2)3)11-10-14(18)19/h12-13H,4-11H2,1-3H3,(H,18,19). The van der Waals surface area contributed by atoms with E-state index in [0.717, 1.165) is 12.8 Å². The lowest BCUT2D eigenvalue weighted by atomic mass is 9.94. The zero-order valence-corrected chi connectivity index (χ0v) is 13.0. The van der Waals surface area contributed by atoms with Gasteiger partial charge in [-0.3, -0.25) is 4.79 Å². The predicted octanol–water partition coefficient (Wildman–Crippen LogP) is 2.95. The number of carboxylic acid groups (broad SMARTS) is 1. The second-order valence-electron chi connectivity index (χ2n) is 5.79. The van der Waals surface area contributed by atoms with Gasteiger partial charge in [-0.15, -0.1) is 0 Å². The molecule has 0 heterocycles. The van der Waals surface area contributed by atoms with Crippen molar-refractivity contribution in [3.05, 3.63) is 0 Å². The zero-order chi connectivity index (χ0) is 15.1. The minimum atomic E-state index is -0.857. The van der Waals surface area contributed by atoms with Gasteiger partial charge in [-0.05, 0) is 33.6 Å². The van der Waals surface area contributed by atoms with Gasteiger partial charge >= 0.3 is 12.0 Å². The molecule has 1 fully saturated rings. The Morgan fingerprint density at radius 3 is 2.25 bits per heavy atom. The van der Waals surface area contributed by atoms with E-state index in [2.05, 4.69) is 0 Å². The van der Waals surface area contributed by atoms with E-state index in [1.54, 1.807) is 4.90 Å². The molecule has 0 spiro atoms. The molecule has 0 aromatic rings. The molecular formula is C15H28N2O3. The summed E-state index contributed by atoms with van der Waals surface area (Å²) < 4.78 is 0. The topological polar surface area (TPSA) is 60.9 Å². The van der Waals surface area contributed by atoms with Crippen LogP contribution >= 0.6 is 0 Å². The summed E-state index contributed by atoms with van der Waals surface area (Å²) in [6.45, 7) is 6.86. The molecule has 5 nitrogen and oxygen atoms in total. The largest absolute Gasteiger partial charge is 0.481 e. The summed E-state index contributed by atoms with van der Waals surface area (Å²) in [6, 6.07) is 0.350. The van der Waals surface area contributed by atoms with Crippen LogP contribution in [-0.2, 0) is 4.79 Å². The Labute approximate surface area is 121 Å². The fourth-order valence-corrected chi connectivity index (χ4v) is 2.90. The quantitative estimate of drug-likeness (QED) is 0.815. The van der Waals surface area contributed by atoms with Crippen molar-refractivity contribution in [2.24, 2.45) is 0 Å². The summed E-state index contributed by atoms with van der Waals surface area (Å²) in [5.74, 6) is -0.857. The molecule has 0 atom stereocenters. The van der Waals surface area contributed by atoms with Crippen LogP contribution in [0.5, 0.6) is 0 Å². The van der Waals surface area contributed by atoms with Crippen molar-refractivity contribution in [1.29, 1.82) is 0 Å². The average molecular weight is 284 g/mol. The van der Waals surface area contributed by atoms with Crippen LogP contribution in [0.2, 0.25) is 0 Å². The lowest BCUT2D eigenvalue weighted by Crippen LogP contribution is -2.51. The highest BCUT2D eigenvalue weighted by Crippen LogP contribution is 2.23. The molecule has 0 bridgehead atoms. The minimum absolute atomic E-state index is 0.00403. The summed E-state index contributed by atoms with van der Waals surface area (Å²) in [5.41, 5.74) is 0. The van der Waals surface area contributed by atoms with Gasteiger partial charge in [0.05, 0.1) is 6.42 Å². The number of urea groups is 1. The number of aliphatic carboxylic acids is 1. The fourth-order valence-electron chi connectivity index (χ4n) is 2.90. The van der Waals surface area contributed by atoms with Gasteiger partial charge in [0.25, 0.3) is 0 Å². The van der Waals surface area contributed by atoms with E-state index in [4.69, 9.17) is 5.11 Å². The first-order valence-corrected chi connectivity index (χ1v) is 7.76. The van der Waals surface area contributed by atoms with Gasteiger partial charge in [0, 0.05) is 25.2 Å². The molecule has 5 heteroatoms. The van der Waals surface area contributed by atoms with Gasteiger partial charge in [-0.1, -0.05) is 19.3 Å². The molecule has 1 rings (SSSR count). The van der Waals surface area contributed by atoms with Crippen LogP contribution < -0.4 is 0 Å². The Bertz CT molecular complexity index is 325. The van der Waals surface area contributed by atoms with E-state index < -0.39 is 5.97 Å². The van der Waals surface area contributed by atoms with Crippen molar-refractivity contribution in [2.75, 3.05) is 13.1 Å². The van der Waals surface area contributed by atoms with Crippen LogP contribution in [0.15, 0.2) is 0 Å². The molecule has 20 heavy (non-hydrogen) atoms. The summed E-state index contributed by atoms with van der Waals surface area (Å²) >= 11 is 0. The molecular weight excluding hydrogens is 256 g/mol. The molecule has 1 saturated carbocycles. The van der Waals surface area contributed by atoms with Crippen LogP contribution in [-0.4, -0.2) is 52.1 Å². The number of amides is 2. The van der Waals surface area contributed by atoms with Crippen LogP contribution in [0.25, 0.3) is 0 Å². The van der Waals surface area contributed by atoms with Crippen LogP contribution in [0.1, 0.15) is 59.3 Å². The summed E-state index contributed by atoms with van der Waals surface area (Å²) in [5, 5.41) is 8.82.